The lowest BCUT2D eigenvalue weighted by Gasteiger charge is -2.15. The topological polar surface area (TPSA) is 84.9 Å². The summed E-state index contributed by atoms with van der Waals surface area (Å²) in [6.45, 7) is 3.73. The zero-order valence-electron chi connectivity index (χ0n) is 15.3. The maximum Gasteiger partial charge on any atom is 0.352 e. The van der Waals surface area contributed by atoms with Gasteiger partial charge in [0.25, 0.3) is 0 Å². The Morgan fingerprint density at radius 2 is 1.89 bits per heavy atom. The van der Waals surface area contributed by atoms with E-state index >= 15 is 0 Å². The lowest BCUT2D eigenvalue weighted by molar-refractivity contribution is -0.134. The van der Waals surface area contributed by atoms with Gasteiger partial charge in [0.1, 0.15) is 12.3 Å². The lowest BCUT2D eigenvalue weighted by atomic mass is 10.1. The van der Waals surface area contributed by atoms with Crippen molar-refractivity contribution in [3.8, 4) is 11.5 Å². The molecule has 0 spiro atoms. The molecule has 6 nitrogen and oxygen atoms in total. The molecule has 28 heavy (non-hydrogen) atoms. The minimum Gasteiger partial charge on any atom is -0.490 e. The van der Waals surface area contributed by atoms with Crippen LogP contribution < -0.4 is 14.8 Å². The summed E-state index contributed by atoms with van der Waals surface area (Å²) < 4.78 is 12.6. The molecule has 0 bridgehead atoms. The third kappa shape index (κ3) is 6.42. The van der Waals surface area contributed by atoms with Crippen molar-refractivity contribution in [3.05, 3.63) is 61.8 Å². The van der Waals surface area contributed by atoms with Gasteiger partial charge in [0, 0.05) is 10.5 Å². The average molecular weight is 516 g/mol. The second-order valence-corrected chi connectivity index (χ2v) is 7.38. The van der Waals surface area contributed by atoms with Crippen LogP contribution in [0.2, 0.25) is 5.02 Å². The van der Waals surface area contributed by atoms with E-state index in [1.54, 1.807) is 12.1 Å². The zero-order valence-corrected chi connectivity index (χ0v) is 18.2. The van der Waals surface area contributed by atoms with Crippen molar-refractivity contribution in [2.75, 3.05) is 6.61 Å². The van der Waals surface area contributed by atoms with E-state index < -0.39 is 11.9 Å². The summed E-state index contributed by atoms with van der Waals surface area (Å²) in [4.78, 5) is 22.5. The Morgan fingerprint density at radius 3 is 2.46 bits per heavy atom. The Kier molecular flexibility index (Phi) is 8.13. The molecule has 2 rings (SSSR count). The Morgan fingerprint density at radius 1 is 1.21 bits per heavy atom. The number of halogens is 2. The Hall–Kier alpha value is -2.26. The summed E-state index contributed by atoms with van der Waals surface area (Å²) in [7, 11) is 0. The summed E-state index contributed by atoms with van der Waals surface area (Å²) in [5.41, 5.74) is 1.17. The number of hydrogen-bond acceptors (Lipinski definition) is 4. The Balaban J connectivity index is 2.33. The maximum absolute atomic E-state index is 11.3. The maximum atomic E-state index is 11.3. The van der Waals surface area contributed by atoms with Crippen LogP contribution in [0.1, 0.15) is 25.0 Å². The first-order chi connectivity index (χ1) is 13.3. The smallest absolute Gasteiger partial charge is 0.352 e. The highest BCUT2D eigenvalue weighted by Gasteiger charge is 2.15. The molecule has 0 radical (unpaired) electrons. The molecule has 0 aromatic heterocycles. The van der Waals surface area contributed by atoms with Crippen molar-refractivity contribution < 1.29 is 24.2 Å². The summed E-state index contributed by atoms with van der Waals surface area (Å²) in [6.07, 6.45) is 1.31. The van der Waals surface area contributed by atoms with Gasteiger partial charge >= 0.3 is 5.97 Å². The van der Waals surface area contributed by atoms with Crippen molar-refractivity contribution in [3.63, 3.8) is 0 Å². The van der Waals surface area contributed by atoms with Crippen LogP contribution in [-0.2, 0) is 16.2 Å². The van der Waals surface area contributed by atoms with Gasteiger partial charge in [-0.3, -0.25) is 4.79 Å². The molecule has 2 N–H and O–H groups in total. The van der Waals surface area contributed by atoms with Gasteiger partial charge in [-0.25, -0.2) is 4.79 Å². The van der Waals surface area contributed by atoms with Crippen LogP contribution in [0, 0.1) is 3.57 Å². The molecule has 148 valence electrons. The summed E-state index contributed by atoms with van der Waals surface area (Å²) >= 11 is 8.59. The third-order valence-electron chi connectivity index (χ3n) is 3.48. The molecule has 8 heteroatoms. The predicted molar refractivity (Wildman–Crippen MR) is 116 cm³/mol. The highest BCUT2D eigenvalue weighted by Crippen LogP contribution is 2.37. The monoisotopic (exact) mass is 515 g/mol. The van der Waals surface area contributed by atoms with E-state index in [0.717, 1.165) is 9.13 Å². The van der Waals surface area contributed by atoms with Gasteiger partial charge in [0.05, 0.1) is 11.6 Å². The number of ether oxygens (including phenoxy) is 2. The molecule has 2 aromatic carbocycles. The van der Waals surface area contributed by atoms with Crippen LogP contribution in [0.5, 0.6) is 11.5 Å². The summed E-state index contributed by atoms with van der Waals surface area (Å²) in [5.74, 6) is -0.986. The molecule has 1 amide bonds. The van der Waals surface area contributed by atoms with Crippen molar-refractivity contribution in [2.45, 2.75) is 20.5 Å². The Bertz CT molecular complexity index is 896. The highest BCUT2D eigenvalue weighted by molar-refractivity contribution is 14.1. The first-order valence-electron chi connectivity index (χ1n) is 8.36. The lowest BCUT2D eigenvalue weighted by Crippen LogP contribution is -2.24. The van der Waals surface area contributed by atoms with E-state index in [1.807, 2.05) is 31.2 Å². The quantitative estimate of drug-likeness (QED) is 0.400. The highest BCUT2D eigenvalue weighted by atomic mass is 127. The fourth-order valence-electron chi connectivity index (χ4n) is 2.32. The van der Waals surface area contributed by atoms with Crippen LogP contribution in [0.25, 0.3) is 6.08 Å². The number of carboxylic acids is 1. The first-order valence-corrected chi connectivity index (χ1v) is 9.82. The number of carbonyl (C=O) groups excluding carboxylic acids is 1. The molecule has 2 aromatic rings. The van der Waals surface area contributed by atoms with Crippen molar-refractivity contribution in [1.82, 2.24) is 5.32 Å². The molecule has 0 aliphatic carbocycles. The Labute approximate surface area is 181 Å². The van der Waals surface area contributed by atoms with Crippen LogP contribution in [0.4, 0.5) is 0 Å². The SMILES string of the molecule is CCOc1cc(C=C(NC(C)=O)C(=O)O)cc(Cl)c1OCc1ccc(I)cc1. The first kappa shape index (κ1) is 22.0. The van der Waals surface area contributed by atoms with Crippen LogP contribution >= 0.6 is 34.2 Å². The molecule has 0 atom stereocenters. The van der Waals surface area contributed by atoms with Crippen LogP contribution in [0.3, 0.4) is 0 Å². The molecule has 0 unspecified atom stereocenters. The average Bonchev–Trinajstić information content (AvgIpc) is 2.62. The number of benzene rings is 2. The number of amides is 1. The summed E-state index contributed by atoms with van der Waals surface area (Å²) in [5, 5.41) is 11.8. The molecular weight excluding hydrogens is 497 g/mol. The van der Waals surface area contributed by atoms with Gasteiger partial charge < -0.3 is 19.9 Å². The molecule has 0 saturated heterocycles. The number of rotatable bonds is 8. The summed E-state index contributed by atoms with van der Waals surface area (Å²) in [6, 6.07) is 11.0. The van der Waals surface area contributed by atoms with Gasteiger partial charge in [0.15, 0.2) is 11.5 Å². The molecule has 0 saturated carbocycles. The van der Waals surface area contributed by atoms with Crippen molar-refractivity contribution >= 4 is 52.1 Å². The van der Waals surface area contributed by atoms with E-state index in [2.05, 4.69) is 27.9 Å². The van der Waals surface area contributed by atoms with Gasteiger partial charge in [0.2, 0.25) is 5.91 Å². The number of nitrogens with one attached hydrogen (secondary N) is 1. The van der Waals surface area contributed by atoms with Crippen LogP contribution in [-0.4, -0.2) is 23.6 Å². The standard InChI is InChI=1S/C20H19ClINO5/c1-3-27-18-10-14(9-17(20(25)26)23-12(2)24)8-16(21)19(18)28-11-13-4-6-15(22)7-5-13/h4-10H,3,11H2,1-2H3,(H,23,24)(H,25,26). The van der Waals surface area contributed by atoms with E-state index in [-0.39, 0.29) is 10.7 Å². The number of carbonyl (C=O) groups is 2. The zero-order chi connectivity index (χ0) is 20.7. The van der Waals surface area contributed by atoms with E-state index in [4.69, 9.17) is 21.1 Å². The fraction of sp³-hybridized carbons (Fsp3) is 0.200. The number of carboxylic acid groups (broad SMARTS) is 1. The van der Waals surface area contributed by atoms with E-state index in [9.17, 15) is 14.7 Å². The van der Waals surface area contributed by atoms with Crippen LogP contribution in [0.15, 0.2) is 42.1 Å². The normalized spacial score (nSPS) is 11.1. The van der Waals surface area contributed by atoms with Gasteiger partial charge in [-0.1, -0.05) is 23.7 Å². The molecule has 0 fully saturated rings. The van der Waals surface area contributed by atoms with E-state index in [0.29, 0.717) is 30.3 Å². The van der Waals surface area contributed by atoms with Gasteiger partial charge in [-0.05, 0) is 71.0 Å². The minimum atomic E-state index is -1.26. The molecule has 0 aliphatic heterocycles. The molecular formula is C20H19ClINO5. The largest absolute Gasteiger partial charge is 0.490 e. The third-order valence-corrected chi connectivity index (χ3v) is 4.48. The van der Waals surface area contributed by atoms with E-state index in [1.165, 1.54) is 13.0 Å². The molecule has 0 heterocycles. The fourth-order valence-corrected chi connectivity index (χ4v) is 2.95. The van der Waals surface area contributed by atoms with Gasteiger partial charge in [-0.2, -0.15) is 0 Å². The number of aliphatic carboxylic acids is 1. The number of hydrogen-bond donors (Lipinski definition) is 2. The van der Waals surface area contributed by atoms with Gasteiger partial charge in [-0.15, -0.1) is 0 Å². The molecule has 0 aliphatic rings. The second kappa shape index (κ2) is 10.3. The predicted octanol–water partition coefficient (Wildman–Crippen LogP) is 4.48. The second-order valence-electron chi connectivity index (χ2n) is 5.72. The van der Waals surface area contributed by atoms with Crippen molar-refractivity contribution in [1.29, 1.82) is 0 Å². The minimum absolute atomic E-state index is 0.265. The van der Waals surface area contributed by atoms with Crippen molar-refractivity contribution in [2.24, 2.45) is 0 Å².